The Morgan fingerprint density at radius 1 is 1.27 bits per heavy atom. The zero-order valence-electron chi connectivity index (χ0n) is 7.05. The Hall–Kier alpha value is -2.77. The lowest BCUT2D eigenvalue weighted by Gasteiger charge is -1.65. The largest absolute Gasteiger partial charge is 0.367 e. The van der Waals surface area contributed by atoms with E-state index in [0.29, 0.717) is 0 Å². The van der Waals surface area contributed by atoms with E-state index < -0.39 is 10.2 Å². The van der Waals surface area contributed by atoms with E-state index in [1.54, 1.807) is 0 Å². The Bertz CT molecular complexity index is 236. The molecule has 14 nitrogen and oxygen atoms in total. The number of anilines is 1. The molecule has 0 aliphatic heterocycles. The standard InChI is InChI=1S/CH3N5.2HNO3.H3N/c2-1-3-5-6-4-1;2*2-1(3)4;/h(H3,2,3,4,5,6);2*(H,2,3,4);1H3. The monoisotopic (exact) mass is 228 g/mol. The van der Waals surface area contributed by atoms with E-state index in [2.05, 4.69) is 20.6 Å². The Morgan fingerprint density at radius 2 is 1.60 bits per heavy atom. The van der Waals surface area contributed by atoms with Crippen LogP contribution in [0.4, 0.5) is 5.95 Å². The normalized spacial score (nSPS) is 6.67. The summed E-state index contributed by atoms with van der Waals surface area (Å²) < 4.78 is 0. The fourth-order valence-corrected chi connectivity index (χ4v) is 0.166. The van der Waals surface area contributed by atoms with Gasteiger partial charge in [0, 0.05) is 0 Å². The van der Waals surface area contributed by atoms with Gasteiger partial charge in [0.2, 0.25) is 5.95 Å². The molecule has 1 aromatic rings. The number of aromatic nitrogens is 4. The third-order valence-corrected chi connectivity index (χ3v) is 0.362. The van der Waals surface area contributed by atoms with Gasteiger partial charge < -0.3 is 22.3 Å². The van der Waals surface area contributed by atoms with Crippen LogP contribution < -0.4 is 11.9 Å². The van der Waals surface area contributed by atoms with Crippen molar-refractivity contribution in [1.29, 1.82) is 0 Å². The molecule has 0 aliphatic carbocycles. The summed E-state index contributed by atoms with van der Waals surface area (Å²) in [5.41, 5.74) is 4.99. The molecule has 0 amide bonds. The lowest BCUT2D eigenvalue weighted by Crippen LogP contribution is -1.84. The minimum Gasteiger partial charge on any atom is -0.367 e. The summed E-state index contributed by atoms with van der Waals surface area (Å²) in [4.78, 5) is 16.7. The summed E-state index contributed by atoms with van der Waals surface area (Å²) in [6.07, 6.45) is 0. The summed E-state index contributed by atoms with van der Waals surface area (Å²) in [5, 5.41) is 39.2. The van der Waals surface area contributed by atoms with Crippen LogP contribution in [0.3, 0.4) is 0 Å². The molecule has 14 heteroatoms. The number of nitrogen functional groups attached to an aromatic ring is 1. The van der Waals surface area contributed by atoms with E-state index >= 15 is 0 Å². The van der Waals surface area contributed by atoms with Crippen molar-refractivity contribution < 1.29 is 20.6 Å². The number of hydrogen-bond acceptors (Lipinski definition) is 9. The lowest BCUT2D eigenvalue weighted by molar-refractivity contribution is -0.742. The van der Waals surface area contributed by atoms with E-state index in [0.717, 1.165) is 0 Å². The molecule has 1 heterocycles. The van der Waals surface area contributed by atoms with E-state index in [4.69, 9.17) is 36.4 Å². The van der Waals surface area contributed by atoms with E-state index in [1.165, 1.54) is 0 Å². The van der Waals surface area contributed by atoms with Crippen LogP contribution in [0.15, 0.2) is 0 Å². The molecule has 0 radical (unpaired) electrons. The van der Waals surface area contributed by atoms with Gasteiger partial charge in [0.1, 0.15) is 0 Å². The number of tetrazole rings is 1. The van der Waals surface area contributed by atoms with Crippen LogP contribution in [0.1, 0.15) is 0 Å². The summed E-state index contributed by atoms with van der Waals surface area (Å²) >= 11 is 0. The zero-order chi connectivity index (χ0) is 11.6. The second-order valence-corrected chi connectivity index (χ2v) is 1.26. The highest BCUT2D eigenvalue weighted by molar-refractivity contribution is 5.05. The van der Waals surface area contributed by atoms with Crippen LogP contribution in [0, 0.1) is 20.2 Å². The van der Waals surface area contributed by atoms with Gasteiger partial charge >= 0.3 is 0 Å². The number of nitrogens with one attached hydrogen (secondary N) is 1. The van der Waals surface area contributed by atoms with E-state index in [1.807, 2.05) is 0 Å². The average Bonchev–Trinajstić information content (AvgIpc) is 2.36. The fourth-order valence-electron chi connectivity index (χ4n) is 0.166. The van der Waals surface area contributed by atoms with Crippen LogP contribution in [-0.2, 0) is 0 Å². The second-order valence-electron chi connectivity index (χ2n) is 1.26. The van der Waals surface area contributed by atoms with Gasteiger partial charge in [0.25, 0.3) is 10.2 Å². The van der Waals surface area contributed by atoms with Crippen molar-refractivity contribution in [1.82, 2.24) is 26.8 Å². The Labute approximate surface area is 80.5 Å². The first-order valence-electron chi connectivity index (χ1n) is 2.52. The zero-order valence-corrected chi connectivity index (χ0v) is 7.05. The van der Waals surface area contributed by atoms with Crippen LogP contribution in [0.25, 0.3) is 0 Å². The number of nitrogens with two attached hydrogens (primary N) is 1. The minimum atomic E-state index is -1.50. The van der Waals surface area contributed by atoms with Gasteiger partial charge in [-0.25, -0.2) is 5.10 Å². The smallest absolute Gasteiger partial charge is 0.291 e. The molecule has 0 saturated heterocycles. The summed E-state index contributed by atoms with van der Waals surface area (Å²) in [5.74, 6) is 0.245. The molecular formula is CH8N8O6. The van der Waals surface area contributed by atoms with Crippen molar-refractivity contribution in [3.05, 3.63) is 20.2 Å². The molecule has 0 spiro atoms. The third-order valence-electron chi connectivity index (χ3n) is 0.362. The van der Waals surface area contributed by atoms with Crippen molar-refractivity contribution in [2.24, 2.45) is 0 Å². The second kappa shape index (κ2) is 11.2. The van der Waals surface area contributed by atoms with E-state index in [9.17, 15) is 0 Å². The van der Waals surface area contributed by atoms with Crippen molar-refractivity contribution in [2.45, 2.75) is 0 Å². The van der Waals surface area contributed by atoms with E-state index in [-0.39, 0.29) is 12.1 Å². The first-order chi connectivity index (χ1) is 6.36. The molecule has 0 aliphatic rings. The Kier molecular flexibility index (Phi) is 13.6. The Balaban J connectivity index is -0.000000145. The van der Waals surface area contributed by atoms with Gasteiger partial charge in [-0.2, -0.15) is 0 Å². The van der Waals surface area contributed by atoms with Crippen LogP contribution >= 0.6 is 0 Å². The molecule has 15 heavy (non-hydrogen) atoms. The number of H-pyrrole nitrogens is 1. The predicted octanol–water partition coefficient (Wildman–Crippen LogP) is -1.75. The van der Waals surface area contributed by atoms with Gasteiger partial charge in [-0.3, -0.25) is 0 Å². The summed E-state index contributed by atoms with van der Waals surface area (Å²) in [6, 6.07) is 0. The quantitative estimate of drug-likeness (QED) is 0.246. The topological polar surface area (TPSA) is 242 Å². The maximum atomic E-state index is 8.36. The van der Waals surface area contributed by atoms with Crippen molar-refractivity contribution >= 4 is 5.95 Å². The van der Waals surface area contributed by atoms with Gasteiger partial charge in [0.15, 0.2) is 0 Å². The van der Waals surface area contributed by atoms with Gasteiger partial charge in [-0.15, -0.1) is 20.2 Å². The molecular weight excluding hydrogens is 220 g/mol. The van der Waals surface area contributed by atoms with Crippen molar-refractivity contribution in [3.63, 3.8) is 0 Å². The number of nitrogens with zero attached hydrogens (tertiary/aromatic N) is 5. The van der Waals surface area contributed by atoms with Gasteiger partial charge in [0.05, 0.1) is 0 Å². The number of rotatable bonds is 0. The highest BCUT2D eigenvalue weighted by atomic mass is 16.9. The molecule has 88 valence electrons. The lowest BCUT2D eigenvalue weighted by atomic mass is 11.2. The maximum Gasteiger partial charge on any atom is 0.291 e. The summed E-state index contributed by atoms with van der Waals surface area (Å²) in [6.45, 7) is 0. The molecule has 0 fully saturated rings. The van der Waals surface area contributed by atoms with Crippen molar-refractivity contribution in [2.75, 3.05) is 5.73 Å². The average molecular weight is 228 g/mol. The first-order valence-corrected chi connectivity index (χ1v) is 2.52. The first kappa shape index (κ1) is 18.1. The van der Waals surface area contributed by atoms with Crippen LogP contribution in [0.2, 0.25) is 0 Å². The Morgan fingerprint density at radius 3 is 1.67 bits per heavy atom. The number of aromatic amines is 1. The molecule has 0 unspecified atom stereocenters. The molecule has 0 aromatic carbocycles. The highest BCUT2D eigenvalue weighted by Crippen LogP contribution is 1.72. The molecule has 0 bridgehead atoms. The maximum absolute atomic E-state index is 8.36. The molecule has 0 saturated carbocycles. The van der Waals surface area contributed by atoms with Crippen LogP contribution in [0.5, 0.6) is 0 Å². The molecule has 1 aromatic heterocycles. The van der Waals surface area contributed by atoms with Crippen LogP contribution in [-0.4, -0.2) is 41.2 Å². The highest BCUT2D eigenvalue weighted by Gasteiger charge is 1.77. The SMILES string of the molecule is N.Nc1nnn[nH]1.O=[N+]([O-])O.O=[N+]([O-])O. The number of hydrogen-bond donors (Lipinski definition) is 5. The minimum absolute atomic E-state index is 0. The summed E-state index contributed by atoms with van der Waals surface area (Å²) in [7, 11) is 0. The molecule has 8 N–H and O–H groups in total. The van der Waals surface area contributed by atoms with Gasteiger partial charge in [-0.1, -0.05) is 5.10 Å². The predicted molar refractivity (Wildman–Crippen MR) is 41.2 cm³/mol. The van der Waals surface area contributed by atoms with Crippen molar-refractivity contribution in [3.8, 4) is 0 Å². The molecule has 1 rings (SSSR count). The fraction of sp³-hybridized carbons (Fsp3) is 0. The molecule has 0 atom stereocenters. The van der Waals surface area contributed by atoms with Gasteiger partial charge in [-0.05, 0) is 10.4 Å². The third kappa shape index (κ3) is 53.5.